The molecule has 0 fully saturated rings. The lowest BCUT2D eigenvalue weighted by atomic mass is 10.00. The molecule has 0 spiro atoms. The van der Waals surface area contributed by atoms with Crippen molar-refractivity contribution in [3.8, 4) is 5.75 Å². The molecule has 1 atom stereocenters. The second-order valence-electron chi connectivity index (χ2n) is 7.31. The molecule has 1 aliphatic heterocycles. The summed E-state index contributed by atoms with van der Waals surface area (Å²) in [4.78, 5) is 40.0. The number of hydrogen-bond donors (Lipinski definition) is 4. The molecule has 2 amide bonds. The Kier molecular flexibility index (Phi) is 5.21. The van der Waals surface area contributed by atoms with Crippen molar-refractivity contribution in [2.75, 3.05) is 23.8 Å². The summed E-state index contributed by atoms with van der Waals surface area (Å²) in [6.45, 7) is 6.50. The number of carbonyl (C=O) groups excluding carboxylic acids is 2. The summed E-state index contributed by atoms with van der Waals surface area (Å²) >= 11 is 0. The van der Waals surface area contributed by atoms with Crippen molar-refractivity contribution >= 4 is 34.5 Å². The zero-order chi connectivity index (χ0) is 21.3. The molecule has 156 valence electrons. The molecular weight excluding hydrogens is 386 g/mol. The van der Waals surface area contributed by atoms with Crippen molar-refractivity contribution in [3.05, 3.63) is 35.9 Å². The minimum Gasteiger partial charge on any atom is -0.480 e. The quantitative estimate of drug-likeness (QED) is 0.490. The number of pyridine rings is 1. The number of hydrogen-bond acceptors (Lipinski definition) is 7. The molecule has 1 aliphatic rings. The number of carbonyl (C=O) groups is 2. The Bertz CT molecular complexity index is 1110. The minimum atomic E-state index is -0.232. The summed E-state index contributed by atoms with van der Waals surface area (Å²) in [5.41, 5.74) is 1.72. The van der Waals surface area contributed by atoms with Crippen molar-refractivity contribution in [2.45, 2.75) is 26.8 Å². The molecule has 4 N–H and O–H groups in total. The van der Waals surface area contributed by atoms with Crippen molar-refractivity contribution in [2.24, 2.45) is 5.92 Å². The van der Waals surface area contributed by atoms with Crippen molar-refractivity contribution in [3.63, 3.8) is 0 Å². The van der Waals surface area contributed by atoms with E-state index in [9.17, 15) is 9.59 Å². The third-order valence-corrected chi connectivity index (χ3v) is 4.78. The lowest BCUT2D eigenvalue weighted by molar-refractivity contribution is -0.118. The molecule has 4 heterocycles. The van der Waals surface area contributed by atoms with Crippen LogP contribution in [0.4, 0.5) is 11.6 Å². The number of anilines is 2. The van der Waals surface area contributed by atoms with Gasteiger partial charge in [0.05, 0.1) is 17.1 Å². The molecule has 10 heteroatoms. The van der Waals surface area contributed by atoms with Gasteiger partial charge in [-0.05, 0) is 31.0 Å². The fourth-order valence-electron chi connectivity index (χ4n) is 3.31. The molecular formula is C20H23N7O3. The first-order chi connectivity index (χ1) is 14.5. The Morgan fingerprint density at radius 1 is 1.30 bits per heavy atom. The number of H-pyrrole nitrogens is 1. The summed E-state index contributed by atoms with van der Waals surface area (Å²) in [5, 5.41) is 9.63. The molecule has 4 rings (SSSR count). The number of ether oxygens (including phenoxy) is 1. The van der Waals surface area contributed by atoms with Crippen molar-refractivity contribution in [1.82, 2.24) is 25.3 Å². The van der Waals surface area contributed by atoms with Gasteiger partial charge in [0.25, 0.3) is 11.8 Å². The van der Waals surface area contributed by atoms with Crippen LogP contribution in [0.25, 0.3) is 11.0 Å². The molecule has 0 radical (unpaired) electrons. The highest BCUT2D eigenvalue weighted by molar-refractivity contribution is 5.99. The van der Waals surface area contributed by atoms with E-state index in [2.05, 4.69) is 49.7 Å². The topological polar surface area (TPSA) is 134 Å². The third kappa shape index (κ3) is 3.76. The number of amides is 2. The number of fused-ring (bicyclic) bond motifs is 2. The predicted octanol–water partition coefficient (Wildman–Crippen LogP) is 2.24. The summed E-state index contributed by atoms with van der Waals surface area (Å²) in [7, 11) is 0. The van der Waals surface area contributed by atoms with Gasteiger partial charge in [-0.2, -0.15) is 0 Å². The maximum Gasteiger partial charge on any atom is 0.267 e. The maximum absolute atomic E-state index is 12.2. The summed E-state index contributed by atoms with van der Waals surface area (Å²) in [5.74, 6) is 1.26. The molecule has 0 saturated carbocycles. The van der Waals surface area contributed by atoms with E-state index in [0.29, 0.717) is 40.7 Å². The standard InChI is InChI=1S/C20H23N7O3/c1-4-21-20(29)13-7-11-17(25-13)22-9-23-18(11)27-16(10(2)3)12-5-6-14-19(24-12)26-15(28)8-30-14/h5-7,9-10,16H,4,8H2,1-3H3,(H,21,29)(H,24,26,28)(H2,22,23,25,27)/t16-/m1/s1. The first-order valence-electron chi connectivity index (χ1n) is 9.78. The van der Waals surface area contributed by atoms with E-state index in [4.69, 9.17) is 4.74 Å². The van der Waals surface area contributed by atoms with E-state index in [1.807, 2.05) is 13.0 Å². The van der Waals surface area contributed by atoms with Crippen molar-refractivity contribution in [1.29, 1.82) is 0 Å². The lowest BCUT2D eigenvalue weighted by Crippen LogP contribution is -2.27. The van der Waals surface area contributed by atoms with E-state index in [1.165, 1.54) is 6.33 Å². The highest BCUT2D eigenvalue weighted by Gasteiger charge is 2.24. The highest BCUT2D eigenvalue weighted by atomic mass is 16.5. The first-order valence-corrected chi connectivity index (χ1v) is 9.78. The lowest BCUT2D eigenvalue weighted by Gasteiger charge is -2.25. The van der Waals surface area contributed by atoms with Crippen LogP contribution in [0.2, 0.25) is 0 Å². The molecule has 10 nitrogen and oxygen atoms in total. The van der Waals surface area contributed by atoms with Gasteiger partial charge in [-0.1, -0.05) is 13.8 Å². The molecule has 0 bridgehead atoms. The third-order valence-electron chi connectivity index (χ3n) is 4.78. The fourth-order valence-corrected chi connectivity index (χ4v) is 3.31. The molecule has 30 heavy (non-hydrogen) atoms. The van der Waals surface area contributed by atoms with E-state index < -0.39 is 0 Å². The molecule has 3 aromatic heterocycles. The fraction of sp³-hybridized carbons (Fsp3) is 0.350. The van der Waals surface area contributed by atoms with Crippen LogP contribution >= 0.6 is 0 Å². The van der Waals surface area contributed by atoms with Gasteiger partial charge in [-0.15, -0.1) is 0 Å². The van der Waals surface area contributed by atoms with Crippen LogP contribution in [0, 0.1) is 5.92 Å². The van der Waals surface area contributed by atoms with Crippen LogP contribution in [-0.4, -0.2) is 44.9 Å². The summed E-state index contributed by atoms with van der Waals surface area (Å²) < 4.78 is 5.39. The molecule has 0 aromatic carbocycles. The van der Waals surface area contributed by atoms with Gasteiger partial charge in [-0.25, -0.2) is 15.0 Å². The Morgan fingerprint density at radius 3 is 2.90 bits per heavy atom. The Hall–Kier alpha value is -3.69. The monoisotopic (exact) mass is 409 g/mol. The predicted molar refractivity (Wildman–Crippen MR) is 111 cm³/mol. The highest BCUT2D eigenvalue weighted by Crippen LogP contribution is 2.32. The zero-order valence-corrected chi connectivity index (χ0v) is 16.9. The van der Waals surface area contributed by atoms with Crippen LogP contribution in [0.3, 0.4) is 0 Å². The number of nitrogens with zero attached hydrogens (tertiary/aromatic N) is 3. The van der Waals surface area contributed by atoms with E-state index in [-0.39, 0.29) is 30.4 Å². The zero-order valence-electron chi connectivity index (χ0n) is 16.9. The minimum absolute atomic E-state index is 0.0137. The SMILES string of the molecule is CCNC(=O)c1cc2c(N[C@@H](c3ccc4c(n3)NC(=O)CO4)C(C)C)ncnc2[nH]1. The van der Waals surface area contributed by atoms with Crippen molar-refractivity contribution < 1.29 is 14.3 Å². The molecule has 3 aromatic rings. The average molecular weight is 409 g/mol. The maximum atomic E-state index is 12.2. The second kappa shape index (κ2) is 7.97. The Labute approximate surface area is 172 Å². The first kappa shape index (κ1) is 19.6. The van der Waals surface area contributed by atoms with Crippen LogP contribution in [0.15, 0.2) is 24.5 Å². The van der Waals surface area contributed by atoms with Gasteiger partial charge < -0.3 is 25.7 Å². The van der Waals surface area contributed by atoms with Gasteiger partial charge in [-0.3, -0.25) is 9.59 Å². The van der Waals surface area contributed by atoms with E-state index >= 15 is 0 Å². The van der Waals surface area contributed by atoms with E-state index in [1.54, 1.807) is 12.1 Å². The molecule has 0 saturated heterocycles. The van der Waals surface area contributed by atoms with Crippen LogP contribution in [-0.2, 0) is 4.79 Å². The Morgan fingerprint density at radius 2 is 2.13 bits per heavy atom. The van der Waals surface area contributed by atoms with Gasteiger partial charge in [0.1, 0.15) is 23.5 Å². The number of nitrogens with one attached hydrogen (secondary N) is 4. The largest absolute Gasteiger partial charge is 0.480 e. The van der Waals surface area contributed by atoms with Gasteiger partial charge >= 0.3 is 0 Å². The van der Waals surface area contributed by atoms with Gasteiger partial charge in [0, 0.05) is 6.54 Å². The normalized spacial score (nSPS) is 14.1. The van der Waals surface area contributed by atoms with Crippen LogP contribution < -0.4 is 20.7 Å². The van der Waals surface area contributed by atoms with E-state index in [0.717, 1.165) is 5.69 Å². The van der Waals surface area contributed by atoms with Crippen LogP contribution in [0.1, 0.15) is 43.0 Å². The van der Waals surface area contributed by atoms with Gasteiger partial charge in [0.2, 0.25) is 0 Å². The Balaban J connectivity index is 1.67. The van der Waals surface area contributed by atoms with Crippen LogP contribution in [0.5, 0.6) is 5.75 Å². The molecule has 0 aliphatic carbocycles. The summed E-state index contributed by atoms with van der Waals surface area (Å²) in [6.07, 6.45) is 1.44. The molecule has 0 unspecified atom stereocenters. The van der Waals surface area contributed by atoms with Gasteiger partial charge in [0.15, 0.2) is 18.2 Å². The summed E-state index contributed by atoms with van der Waals surface area (Å²) in [6, 6.07) is 5.20. The number of aromatic nitrogens is 4. The second-order valence-corrected chi connectivity index (χ2v) is 7.31. The smallest absolute Gasteiger partial charge is 0.267 e. The number of aromatic amines is 1. The average Bonchev–Trinajstić information content (AvgIpc) is 3.16. The number of rotatable bonds is 6.